The van der Waals surface area contributed by atoms with Crippen molar-refractivity contribution in [2.24, 2.45) is 7.05 Å². The van der Waals surface area contributed by atoms with Gasteiger partial charge in [-0.05, 0) is 43.3 Å². The van der Waals surface area contributed by atoms with E-state index in [4.69, 9.17) is 16.3 Å². The second kappa shape index (κ2) is 8.41. The Morgan fingerprint density at radius 2 is 1.84 bits per heavy atom. The molecule has 0 bridgehead atoms. The Kier molecular flexibility index (Phi) is 5.50. The van der Waals surface area contributed by atoms with Crippen LogP contribution in [0.1, 0.15) is 26.8 Å². The highest BCUT2D eigenvalue weighted by Crippen LogP contribution is 2.21. The number of amides is 1. The van der Waals surface area contributed by atoms with E-state index in [-0.39, 0.29) is 17.5 Å². The van der Waals surface area contributed by atoms with E-state index in [2.05, 4.69) is 20.5 Å². The topological polar surface area (TPSA) is 104 Å². The van der Waals surface area contributed by atoms with E-state index in [1.54, 1.807) is 67.3 Å². The van der Waals surface area contributed by atoms with Crippen LogP contribution in [0.3, 0.4) is 0 Å². The fourth-order valence-electron chi connectivity index (χ4n) is 2.83. The fourth-order valence-corrected chi connectivity index (χ4v) is 3.04. The van der Waals surface area contributed by atoms with Crippen LogP contribution in [-0.4, -0.2) is 36.4 Å². The van der Waals surface area contributed by atoms with Gasteiger partial charge in [0.15, 0.2) is 0 Å². The Hall–Kier alpha value is -3.98. The van der Waals surface area contributed by atoms with Gasteiger partial charge in [0, 0.05) is 18.9 Å². The number of hydrogen-bond donors (Lipinski definition) is 1. The predicted octanol–water partition coefficient (Wildman–Crippen LogP) is 3.43. The minimum Gasteiger partial charge on any atom is -0.421 e. The third kappa shape index (κ3) is 4.46. The van der Waals surface area contributed by atoms with Gasteiger partial charge in [-0.1, -0.05) is 23.7 Å². The molecule has 1 amide bonds. The molecule has 0 aliphatic carbocycles. The van der Waals surface area contributed by atoms with Gasteiger partial charge in [0.25, 0.3) is 11.7 Å². The lowest BCUT2D eigenvalue weighted by Crippen LogP contribution is -2.12. The highest BCUT2D eigenvalue weighted by atomic mass is 35.5. The van der Waals surface area contributed by atoms with Crippen molar-refractivity contribution in [2.45, 2.75) is 6.92 Å². The molecule has 10 heteroatoms. The molecule has 0 aliphatic rings. The summed E-state index contributed by atoms with van der Waals surface area (Å²) in [7, 11) is 1.73. The molecule has 1 N–H and O–H groups in total. The first-order chi connectivity index (χ1) is 14.9. The maximum Gasteiger partial charge on any atom is 0.383 e. The Morgan fingerprint density at radius 3 is 2.52 bits per heavy atom. The maximum absolute atomic E-state index is 12.5. The van der Waals surface area contributed by atoms with Gasteiger partial charge in [-0.2, -0.15) is 5.10 Å². The summed E-state index contributed by atoms with van der Waals surface area (Å²) in [5, 5.41) is 11.4. The van der Waals surface area contributed by atoms with Crippen LogP contribution in [-0.2, 0) is 7.05 Å². The van der Waals surface area contributed by atoms with Gasteiger partial charge in [-0.3, -0.25) is 9.48 Å². The predicted molar refractivity (Wildman–Crippen MR) is 114 cm³/mol. The standard InChI is InChI=1S/C21H17ClN6O3/c1-13-24-19(26-28(13)18-6-4-3-5-17(18)22)21(30)31-16-9-7-15(8-10-16)25-20(29)14-11-23-27(2)12-14/h3-12H,1-2H3,(H,25,29). The number of aromatic nitrogens is 5. The molecule has 0 aliphatic heterocycles. The van der Waals surface area contributed by atoms with Crippen LogP contribution < -0.4 is 10.1 Å². The smallest absolute Gasteiger partial charge is 0.383 e. The largest absolute Gasteiger partial charge is 0.421 e. The van der Waals surface area contributed by atoms with Gasteiger partial charge in [0.2, 0.25) is 0 Å². The first-order valence-corrected chi connectivity index (χ1v) is 9.59. The van der Waals surface area contributed by atoms with Crippen molar-refractivity contribution in [1.82, 2.24) is 24.5 Å². The molecule has 0 saturated carbocycles. The van der Waals surface area contributed by atoms with Crippen molar-refractivity contribution >= 4 is 29.2 Å². The zero-order valence-electron chi connectivity index (χ0n) is 16.6. The van der Waals surface area contributed by atoms with Crippen molar-refractivity contribution in [3.8, 4) is 11.4 Å². The summed E-state index contributed by atoms with van der Waals surface area (Å²) < 4.78 is 8.37. The number of nitrogens with zero attached hydrogens (tertiary/aromatic N) is 5. The first-order valence-electron chi connectivity index (χ1n) is 9.21. The molecule has 31 heavy (non-hydrogen) atoms. The quantitative estimate of drug-likeness (QED) is 0.379. The summed E-state index contributed by atoms with van der Waals surface area (Å²) in [5.74, 6) is -0.306. The van der Waals surface area contributed by atoms with Gasteiger partial charge in [0.1, 0.15) is 11.6 Å². The molecule has 0 atom stereocenters. The van der Waals surface area contributed by atoms with Crippen LogP contribution in [0.4, 0.5) is 5.69 Å². The number of ether oxygens (including phenoxy) is 1. The molecule has 9 nitrogen and oxygen atoms in total. The average Bonchev–Trinajstić information content (AvgIpc) is 3.36. The molecule has 0 saturated heterocycles. The molecular formula is C21H17ClN6O3. The lowest BCUT2D eigenvalue weighted by atomic mass is 10.2. The Bertz CT molecular complexity index is 1260. The first kappa shape index (κ1) is 20.3. The summed E-state index contributed by atoms with van der Waals surface area (Å²) in [5.41, 5.74) is 1.60. The van der Waals surface area contributed by atoms with Crippen molar-refractivity contribution in [3.05, 3.63) is 83.2 Å². The van der Waals surface area contributed by atoms with Crippen LogP contribution in [0.5, 0.6) is 5.75 Å². The molecule has 4 rings (SSSR count). The van der Waals surface area contributed by atoms with E-state index in [0.717, 1.165) is 0 Å². The molecule has 0 unspecified atom stereocenters. The van der Waals surface area contributed by atoms with E-state index in [1.165, 1.54) is 10.9 Å². The van der Waals surface area contributed by atoms with E-state index in [9.17, 15) is 9.59 Å². The third-order valence-corrected chi connectivity index (χ3v) is 4.64. The van der Waals surface area contributed by atoms with Crippen LogP contribution in [0, 0.1) is 6.92 Å². The monoisotopic (exact) mass is 436 g/mol. The lowest BCUT2D eigenvalue weighted by molar-refractivity contribution is 0.0721. The number of carbonyl (C=O) groups is 2. The number of aryl methyl sites for hydroxylation is 2. The molecule has 2 heterocycles. The van der Waals surface area contributed by atoms with Crippen molar-refractivity contribution in [3.63, 3.8) is 0 Å². The summed E-state index contributed by atoms with van der Waals surface area (Å²) in [4.78, 5) is 28.8. The number of halogens is 1. The number of rotatable bonds is 5. The van der Waals surface area contributed by atoms with E-state index in [1.807, 2.05) is 6.07 Å². The van der Waals surface area contributed by atoms with E-state index >= 15 is 0 Å². The molecule has 4 aromatic rings. The van der Waals surface area contributed by atoms with Gasteiger partial charge in [0.05, 0.1) is 22.5 Å². The minimum atomic E-state index is -0.707. The van der Waals surface area contributed by atoms with Gasteiger partial charge in [-0.25, -0.2) is 14.5 Å². The highest BCUT2D eigenvalue weighted by molar-refractivity contribution is 6.32. The Morgan fingerprint density at radius 1 is 1.10 bits per heavy atom. The second-order valence-electron chi connectivity index (χ2n) is 6.62. The summed E-state index contributed by atoms with van der Waals surface area (Å²) >= 11 is 6.20. The minimum absolute atomic E-state index is 0.0913. The third-order valence-electron chi connectivity index (χ3n) is 4.32. The van der Waals surface area contributed by atoms with E-state index in [0.29, 0.717) is 27.8 Å². The number of benzene rings is 2. The lowest BCUT2D eigenvalue weighted by Gasteiger charge is -2.06. The van der Waals surface area contributed by atoms with Crippen molar-refractivity contribution < 1.29 is 14.3 Å². The van der Waals surface area contributed by atoms with Crippen molar-refractivity contribution in [2.75, 3.05) is 5.32 Å². The average molecular weight is 437 g/mol. The van der Waals surface area contributed by atoms with Gasteiger partial charge < -0.3 is 10.1 Å². The number of esters is 1. The van der Waals surface area contributed by atoms with Gasteiger partial charge >= 0.3 is 5.97 Å². The van der Waals surface area contributed by atoms with Gasteiger partial charge in [-0.15, -0.1) is 5.10 Å². The second-order valence-corrected chi connectivity index (χ2v) is 7.02. The number of anilines is 1. The molecule has 2 aromatic carbocycles. The zero-order chi connectivity index (χ0) is 22.0. The molecule has 0 radical (unpaired) electrons. The zero-order valence-corrected chi connectivity index (χ0v) is 17.4. The molecular weight excluding hydrogens is 420 g/mol. The van der Waals surface area contributed by atoms with Crippen LogP contribution in [0.25, 0.3) is 5.69 Å². The number of carbonyl (C=O) groups excluding carboxylic acids is 2. The van der Waals surface area contributed by atoms with Crippen LogP contribution in [0.2, 0.25) is 5.02 Å². The summed E-state index contributed by atoms with van der Waals surface area (Å²) in [6.45, 7) is 1.72. The summed E-state index contributed by atoms with van der Waals surface area (Å²) in [6, 6.07) is 13.5. The summed E-state index contributed by atoms with van der Waals surface area (Å²) in [6.07, 6.45) is 3.09. The molecule has 156 valence electrons. The molecule has 0 fully saturated rings. The molecule has 0 spiro atoms. The SMILES string of the molecule is Cc1nc(C(=O)Oc2ccc(NC(=O)c3cnn(C)c3)cc2)nn1-c1ccccc1Cl. The van der Waals surface area contributed by atoms with E-state index < -0.39 is 5.97 Å². The highest BCUT2D eigenvalue weighted by Gasteiger charge is 2.18. The maximum atomic E-state index is 12.5. The number of nitrogens with one attached hydrogen (secondary N) is 1. The number of hydrogen-bond acceptors (Lipinski definition) is 6. The molecule has 2 aromatic heterocycles. The fraction of sp³-hybridized carbons (Fsp3) is 0.0952. The van der Waals surface area contributed by atoms with Crippen LogP contribution in [0.15, 0.2) is 60.9 Å². The van der Waals surface area contributed by atoms with Crippen molar-refractivity contribution in [1.29, 1.82) is 0 Å². The Balaban J connectivity index is 1.44. The normalized spacial score (nSPS) is 10.7. The van der Waals surface area contributed by atoms with Crippen LogP contribution >= 0.6 is 11.6 Å². The number of para-hydroxylation sites is 1. The Labute approximate surface area is 182 Å².